The van der Waals surface area contributed by atoms with Crippen molar-refractivity contribution < 1.29 is 28.1 Å². The molecule has 2 aromatic carbocycles. The first-order valence-electron chi connectivity index (χ1n) is 12.2. The van der Waals surface area contributed by atoms with Crippen LogP contribution in [0.2, 0.25) is 0 Å². The second-order valence-electron chi connectivity index (χ2n) is 8.38. The number of carbonyl (C=O) groups is 1. The fourth-order valence-corrected chi connectivity index (χ4v) is 4.05. The molecule has 5 rings (SSSR count). The highest BCUT2D eigenvalue weighted by Crippen LogP contribution is 2.37. The van der Waals surface area contributed by atoms with Gasteiger partial charge >= 0.3 is 0 Å². The third kappa shape index (κ3) is 5.46. The number of benzene rings is 2. The summed E-state index contributed by atoms with van der Waals surface area (Å²) in [5, 5.41) is 7.50. The van der Waals surface area contributed by atoms with Crippen LogP contribution in [-0.2, 0) is 6.54 Å². The molecule has 0 saturated heterocycles. The Morgan fingerprint density at radius 2 is 1.77 bits per heavy atom. The third-order valence-corrected chi connectivity index (χ3v) is 5.87. The van der Waals surface area contributed by atoms with Crippen LogP contribution in [0, 0.1) is 5.82 Å². The van der Waals surface area contributed by atoms with E-state index in [1.54, 1.807) is 56.0 Å². The topological polar surface area (TPSA) is 123 Å². The van der Waals surface area contributed by atoms with E-state index in [0.717, 1.165) is 0 Å². The first-order chi connectivity index (χ1) is 19.5. The van der Waals surface area contributed by atoms with E-state index in [0.29, 0.717) is 40.5 Å². The summed E-state index contributed by atoms with van der Waals surface area (Å²) in [6, 6.07) is 9.27. The Morgan fingerprint density at radius 3 is 2.50 bits per heavy atom. The van der Waals surface area contributed by atoms with Gasteiger partial charge < -0.3 is 24.3 Å². The summed E-state index contributed by atoms with van der Waals surface area (Å²) in [6.45, 7) is 2.29. The number of methoxy groups -OCH3 is 2. The average Bonchev–Trinajstić information content (AvgIpc) is 3.36. The Morgan fingerprint density at radius 1 is 0.950 bits per heavy atom. The van der Waals surface area contributed by atoms with Crippen molar-refractivity contribution in [3.63, 3.8) is 0 Å². The minimum atomic E-state index is -0.693. The van der Waals surface area contributed by atoms with E-state index in [1.165, 1.54) is 37.2 Å². The standard InChI is InChI=1S/C28H25FN6O5/c1-4-39-26-15-33-35(16-17-14-30-9-10-31-17)27(26)28(36)34-21-6-5-18(11-20(21)29)40-23-7-8-32-22-13-25(38-3)24(37-2)12-19(22)23/h5-15H,4,16H2,1-3H3,(H,34,36). The summed E-state index contributed by atoms with van der Waals surface area (Å²) in [6.07, 6.45) is 7.68. The molecule has 1 amide bonds. The van der Waals surface area contributed by atoms with Gasteiger partial charge in [-0.15, -0.1) is 0 Å². The number of halogens is 1. The molecule has 1 N–H and O–H groups in total. The van der Waals surface area contributed by atoms with Crippen LogP contribution < -0.4 is 24.3 Å². The van der Waals surface area contributed by atoms with Crippen LogP contribution in [0.3, 0.4) is 0 Å². The Hall–Kier alpha value is -5.26. The summed E-state index contributed by atoms with van der Waals surface area (Å²) in [4.78, 5) is 25.9. The molecule has 3 heterocycles. The van der Waals surface area contributed by atoms with Crippen molar-refractivity contribution >= 4 is 22.5 Å². The SMILES string of the molecule is CCOc1cnn(Cc2cnccn2)c1C(=O)Nc1ccc(Oc2ccnc3cc(OC)c(OC)cc23)cc1F. The van der Waals surface area contributed by atoms with Gasteiger partial charge in [0.2, 0.25) is 0 Å². The van der Waals surface area contributed by atoms with Gasteiger partial charge in [0.15, 0.2) is 22.9 Å². The molecule has 0 aliphatic carbocycles. The predicted molar refractivity (Wildman–Crippen MR) is 144 cm³/mol. The van der Waals surface area contributed by atoms with Crippen LogP contribution in [0.1, 0.15) is 23.1 Å². The van der Waals surface area contributed by atoms with Crippen molar-refractivity contribution in [3.8, 4) is 28.7 Å². The predicted octanol–water partition coefficient (Wildman–Crippen LogP) is 4.87. The minimum Gasteiger partial charge on any atom is -0.493 e. The molecule has 11 nitrogen and oxygen atoms in total. The highest BCUT2D eigenvalue weighted by molar-refractivity contribution is 6.05. The fourth-order valence-electron chi connectivity index (χ4n) is 4.05. The maximum atomic E-state index is 15.2. The van der Waals surface area contributed by atoms with E-state index in [9.17, 15) is 4.79 Å². The number of carbonyl (C=O) groups excluding carboxylic acids is 1. The number of hydrogen-bond acceptors (Lipinski definition) is 9. The molecule has 0 aliphatic rings. The lowest BCUT2D eigenvalue weighted by molar-refractivity contribution is 0.101. The molecule has 0 spiro atoms. The number of hydrogen-bond donors (Lipinski definition) is 1. The van der Waals surface area contributed by atoms with Crippen molar-refractivity contribution in [2.24, 2.45) is 0 Å². The maximum absolute atomic E-state index is 15.2. The summed E-state index contributed by atoms with van der Waals surface area (Å²) < 4.78 is 38.9. The van der Waals surface area contributed by atoms with Crippen LogP contribution in [-0.4, -0.2) is 51.5 Å². The molecule has 40 heavy (non-hydrogen) atoms. The Balaban J connectivity index is 1.38. The number of nitrogens with one attached hydrogen (secondary N) is 1. The summed E-state index contributed by atoms with van der Waals surface area (Å²) in [5.41, 5.74) is 1.29. The second kappa shape index (κ2) is 11.6. The third-order valence-electron chi connectivity index (χ3n) is 5.87. The van der Waals surface area contributed by atoms with Crippen molar-refractivity contribution in [2.45, 2.75) is 13.5 Å². The number of anilines is 1. The number of aromatic nitrogens is 5. The van der Waals surface area contributed by atoms with Gasteiger partial charge in [-0.1, -0.05) is 0 Å². The van der Waals surface area contributed by atoms with Crippen LogP contribution in [0.5, 0.6) is 28.7 Å². The number of pyridine rings is 1. The van der Waals surface area contributed by atoms with Crippen LogP contribution in [0.4, 0.5) is 10.1 Å². The lowest BCUT2D eigenvalue weighted by Crippen LogP contribution is -2.20. The normalized spacial score (nSPS) is 10.8. The molecular weight excluding hydrogens is 519 g/mol. The molecule has 0 unspecified atom stereocenters. The maximum Gasteiger partial charge on any atom is 0.277 e. The van der Waals surface area contributed by atoms with E-state index in [4.69, 9.17) is 18.9 Å². The van der Waals surface area contributed by atoms with E-state index in [2.05, 4.69) is 25.4 Å². The highest BCUT2D eigenvalue weighted by Gasteiger charge is 2.22. The van der Waals surface area contributed by atoms with Crippen LogP contribution in [0.25, 0.3) is 10.9 Å². The molecule has 0 fully saturated rings. The Kier molecular flexibility index (Phi) is 7.67. The van der Waals surface area contributed by atoms with Crippen molar-refractivity contribution in [3.05, 3.63) is 84.6 Å². The quantitative estimate of drug-likeness (QED) is 0.262. The van der Waals surface area contributed by atoms with E-state index in [-0.39, 0.29) is 29.4 Å². The molecule has 3 aromatic heterocycles. The monoisotopic (exact) mass is 544 g/mol. The number of rotatable bonds is 10. The molecule has 0 bridgehead atoms. The molecule has 0 radical (unpaired) electrons. The zero-order valence-corrected chi connectivity index (χ0v) is 21.9. The zero-order valence-electron chi connectivity index (χ0n) is 21.9. The van der Waals surface area contributed by atoms with E-state index < -0.39 is 11.7 Å². The van der Waals surface area contributed by atoms with Gasteiger partial charge in [0.1, 0.15) is 17.3 Å². The Labute approximate surface area is 228 Å². The molecule has 0 aliphatic heterocycles. The molecule has 12 heteroatoms. The van der Waals surface area contributed by atoms with Crippen LogP contribution in [0.15, 0.2) is 67.4 Å². The summed E-state index contributed by atoms with van der Waals surface area (Å²) in [7, 11) is 3.07. The number of amides is 1. The number of nitrogens with zero attached hydrogens (tertiary/aromatic N) is 5. The first-order valence-corrected chi connectivity index (χ1v) is 12.2. The van der Waals surface area contributed by atoms with E-state index >= 15 is 4.39 Å². The van der Waals surface area contributed by atoms with Crippen LogP contribution >= 0.6 is 0 Å². The van der Waals surface area contributed by atoms with Gasteiger partial charge in [-0.25, -0.2) is 4.39 Å². The van der Waals surface area contributed by atoms with Gasteiger partial charge in [-0.3, -0.25) is 24.4 Å². The van der Waals surface area contributed by atoms with Gasteiger partial charge in [0, 0.05) is 36.1 Å². The van der Waals surface area contributed by atoms with E-state index in [1.807, 2.05) is 0 Å². The number of fused-ring (bicyclic) bond motifs is 1. The highest BCUT2D eigenvalue weighted by atomic mass is 19.1. The summed E-state index contributed by atoms with van der Waals surface area (Å²) in [5.74, 6) is 0.663. The van der Waals surface area contributed by atoms with Gasteiger partial charge in [0.05, 0.1) is 56.7 Å². The molecule has 0 atom stereocenters. The fraction of sp³-hybridized carbons (Fsp3) is 0.179. The average molecular weight is 545 g/mol. The minimum absolute atomic E-state index is 0.0435. The van der Waals surface area contributed by atoms with Gasteiger partial charge in [-0.2, -0.15) is 5.10 Å². The molecular formula is C28H25FN6O5. The Bertz CT molecular complexity index is 1660. The molecule has 5 aromatic rings. The van der Waals surface area contributed by atoms with Crippen molar-refractivity contribution in [1.29, 1.82) is 0 Å². The first kappa shape index (κ1) is 26.4. The van der Waals surface area contributed by atoms with Crippen molar-refractivity contribution in [2.75, 3.05) is 26.1 Å². The zero-order chi connectivity index (χ0) is 28.1. The van der Waals surface area contributed by atoms with Gasteiger partial charge in [-0.05, 0) is 31.2 Å². The largest absolute Gasteiger partial charge is 0.493 e. The van der Waals surface area contributed by atoms with Gasteiger partial charge in [0.25, 0.3) is 5.91 Å². The second-order valence-corrected chi connectivity index (χ2v) is 8.38. The smallest absolute Gasteiger partial charge is 0.277 e. The summed E-state index contributed by atoms with van der Waals surface area (Å²) >= 11 is 0. The lowest BCUT2D eigenvalue weighted by atomic mass is 10.2. The molecule has 204 valence electrons. The molecule has 0 saturated carbocycles. The number of ether oxygens (including phenoxy) is 4. The van der Waals surface area contributed by atoms with Crippen molar-refractivity contribution in [1.82, 2.24) is 24.7 Å². The lowest BCUT2D eigenvalue weighted by Gasteiger charge is -2.13.